The van der Waals surface area contributed by atoms with Crippen LogP contribution in [-0.4, -0.2) is 19.7 Å². The van der Waals surface area contributed by atoms with Crippen LogP contribution < -0.4 is 5.56 Å². The topological polar surface area (TPSA) is 63.6 Å². The van der Waals surface area contributed by atoms with Crippen LogP contribution in [0.4, 0.5) is 22.0 Å². The van der Waals surface area contributed by atoms with Gasteiger partial charge < -0.3 is 4.98 Å². The van der Waals surface area contributed by atoms with Crippen molar-refractivity contribution >= 4 is 11.0 Å². The summed E-state index contributed by atoms with van der Waals surface area (Å²) in [4.78, 5) is 18.6. The van der Waals surface area contributed by atoms with E-state index in [-0.39, 0.29) is 28.1 Å². The van der Waals surface area contributed by atoms with Crippen LogP contribution in [0.1, 0.15) is 49.5 Å². The van der Waals surface area contributed by atoms with Crippen molar-refractivity contribution in [2.45, 2.75) is 46.6 Å². The Morgan fingerprint density at radius 2 is 1.89 bits per heavy atom. The fraction of sp³-hybridized carbons (Fsp3) is 0.389. The first-order valence-corrected chi connectivity index (χ1v) is 8.54. The number of hydrogen-bond acceptors (Lipinski definition) is 3. The maximum Gasteiger partial charge on any atom is 0.419 e. The molecular weight excluding hydrogens is 383 g/mol. The van der Waals surface area contributed by atoms with Crippen LogP contribution in [-0.2, 0) is 12.9 Å². The first-order chi connectivity index (χ1) is 13.1. The highest BCUT2D eigenvalue weighted by molar-refractivity contribution is 5.77. The Bertz CT molecular complexity index is 1040. The molecule has 5 nitrogen and oxygen atoms in total. The highest BCUT2D eigenvalue weighted by Gasteiger charge is 2.34. The van der Waals surface area contributed by atoms with Gasteiger partial charge in [-0.2, -0.15) is 18.3 Å². The summed E-state index contributed by atoms with van der Waals surface area (Å²) in [5.74, 6) is -1.16. The zero-order valence-corrected chi connectivity index (χ0v) is 15.7. The Balaban J connectivity index is 0.00000136. The molecule has 10 heteroatoms. The largest absolute Gasteiger partial charge is 0.419 e. The molecule has 0 bridgehead atoms. The molecule has 1 N–H and O–H groups in total. The van der Waals surface area contributed by atoms with E-state index in [9.17, 15) is 26.7 Å². The van der Waals surface area contributed by atoms with Gasteiger partial charge in [-0.15, -0.1) is 0 Å². The molecule has 3 aromatic rings. The third kappa shape index (κ3) is 3.90. The van der Waals surface area contributed by atoms with Crippen LogP contribution in [0.25, 0.3) is 11.0 Å². The van der Waals surface area contributed by atoms with Gasteiger partial charge >= 0.3 is 6.18 Å². The molecule has 152 valence electrons. The lowest BCUT2D eigenvalue weighted by Crippen LogP contribution is -2.14. The molecule has 0 spiro atoms. The number of halogens is 5. The fourth-order valence-electron chi connectivity index (χ4n) is 2.75. The molecule has 1 unspecified atom stereocenters. The van der Waals surface area contributed by atoms with Gasteiger partial charge in [-0.1, -0.05) is 19.9 Å². The molecule has 0 saturated heterocycles. The van der Waals surface area contributed by atoms with Gasteiger partial charge in [-0.3, -0.25) is 4.79 Å². The maximum atomic E-state index is 13.9. The van der Waals surface area contributed by atoms with Crippen molar-refractivity contribution in [2.75, 3.05) is 0 Å². The van der Waals surface area contributed by atoms with Crippen molar-refractivity contribution in [3.8, 4) is 0 Å². The number of rotatable bonds is 3. The molecule has 3 rings (SSSR count). The highest BCUT2D eigenvalue weighted by atomic mass is 19.4. The number of hydrogen-bond donors (Lipinski definition) is 1. The van der Waals surface area contributed by atoms with Crippen molar-refractivity contribution < 1.29 is 22.0 Å². The standard InChI is InChI=1S/C16H13F5N4O.C2H6/c1-7(9-3-4-10(11(18)5-9)16(19,20)21)25-14-13(12(6-17)24-25)15(26)23-8(2)22-14;1-2/h3-5,7H,6H2,1-2H3,(H,22,23,26);1-2H3. The van der Waals surface area contributed by atoms with Gasteiger partial charge in [0, 0.05) is 0 Å². The molecule has 1 aromatic carbocycles. The minimum absolute atomic E-state index is 0.0441. The number of H-pyrrole nitrogens is 1. The number of nitrogens with zero attached hydrogens (tertiary/aromatic N) is 3. The Hall–Kier alpha value is -2.78. The SMILES string of the molecule is CC.Cc1nc2c(c(CF)nn2C(C)c2ccc(C(F)(F)F)c(F)c2)c(=O)[nH]1. The minimum Gasteiger partial charge on any atom is -0.310 e. The summed E-state index contributed by atoms with van der Waals surface area (Å²) < 4.78 is 66.4. The molecule has 0 fully saturated rings. The van der Waals surface area contributed by atoms with Crippen LogP contribution >= 0.6 is 0 Å². The number of aromatic amines is 1. The summed E-state index contributed by atoms with van der Waals surface area (Å²) >= 11 is 0. The second-order valence-corrected chi connectivity index (χ2v) is 5.79. The van der Waals surface area contributed by atoms with Crippen LogP contribution in [0.2, 0.25) is 0 Å². The lowest BCUT2D eigenvalue weighted by Gasteiger charge is -2.15. The van der Waals surface area contributed by atoms with Gasteiger partial charge in [-0.05, 0) is 31.5 Å². The molecule has 1 atom stereocenters. The first-order valence-electron chi connectivity index (χ1n) is 8.54. The fourth-order valence-corrected chi connectivity index (χ4v) is 2.75. The van der Waals surface area contributed by atoms with E-state index in [1.165, 1.54) is 18.5 Å². The lowest BCUT2D eigenvalue weighted by atomic mass is 10.1. The van der Waals surface area contributed by atoms with Gasteiger partial charge in [0.15, 0.2) is 5.65 Å². The predicted octanol–water partition coefficient (Wildman–Crippen LogP) is 4.69. The molecule has 0 aliphatic carbocycles. The molecule has 2 heterocycles. The van der Waals surface area contributed by atoms with Crippen molar-refractivity contribution in [1.82, 2.24) is 19.7 Å². The summed E-state index contributed by atoms with van der Waals surface area (Å²) in [6.07, 6.45) is -4.81. The van der Waals surface area contributed by atoms with Crippen molar-refractivity contribution in [3.05, 3.63) is 57.0 Å². The number of benzene rings is 1. The molecule has 0 aliphatic heterocycles. The average molecular weight is 402 g/mol. The summed E-state index contributed by atoms with van der Waals surface area (Å²) in [6.45, 7) is 6.04. The van der Waals surface area contributed by atoms with Crippen LogP contribution in [0.5, 0.6) is 0 Å². The van der Waals surface area contributed by atoms with E-state index in [0.717, 1.165) is 12.1 Å². The molecule has 2 aromatic heterocycles. The number of fused-ring (bicyclic) bond motifs is 1. The van der Waals surface area contributed by atoms with Gasteiger partial charge in [0.2, 0.25) is 0 Å². The Morgan fingerprint density at radius 1 is 1.25 bits per heavy atom. The number of nitrogens with one attached hydrogen (secondary N) is 1. The van der Waals surface area contributed by atoms with Crippen LogP contribution in [0, 0.1) is 12.7 Å². The third-order valence-electron chi connectivity index (χ3n) is 4.03. The minimum atomic E-state index is -4.81. The van der Waals surface area contributed by atoms with Crippen molar-refractivity contribution in [3.63, 3.8) is 0 Å². The quantitative estimate of drug-likeness (QED) is 0.647. The van der Waals surface area contributed by atoms with E-state index in [1.54, 1.807) is 0 Å². The zero-order valence-electron chi connectivity index (χ0n) is 15.7. The molecule has 0 amide bonds. The Labute approximate surface area is 157 Å². The summed E-state index contributed by atoms with van der Waals surface area (Å²) in [5, 5.41) is 3.96. The molecular formula is C18H19F5N4O. The second kappa shape index (κ2) is 8.07. The average Bonchev–Trinajstić information content (AvgIpc) is 3.00. The lowest BCUT2D eigenvalue weighted by molar-refractivity contribution is -0.140. The van der Waals surface area contributed by atoms with E-state index in [1.807, 2.05) is 13.8 Å². The summed E-state index contributed by atoms with van der Waals surface area (Å²) in [7, 11) is 0. The zero-order chi connectivity index (χ0) is 21.2. The van der Waals surface area contributed by atoms with E-state index in [0.29, 0.717) is 6.07 Å². The second-order valence-electron chi connectivity index (χ2n) is 5.79. The van der Waals surface area contributed by atoms with Crippen LogP contribution in [0.3, 0.4) is 0 Å². The highest BCUT2D eigenvalue weighted by Crippen LogP contribution is 2.33. The van der Waals surface area contributed by atoms with Crippen molar-refractivity contribution in [2.24, 2.45) is 0 Å². The Morgan fingerprint density at radius 3 is 2.43 bits per heavy atom. The van der Waals surface area contributed by atoms with Gasteiger partial charge in [0.1, 0.15) is 29.4 Å². The van der Waals surface area contributed by atoms with Gasteiger partial charge in [-0.25, -0.2) is 18.4 Å². The molecule has 0 radical (unpaired) electrons. The first kappa shape index (κ1) is 21.5. The molecule has 0 aliphatic rings. The number of aromatic nitrogens is 4. The van der Waals surface area contributed by atoms with E-state index >= 15 is 0 Å². The summed E-state index contributed by atoms with van der Waals surface area (Å²) in [6, 6.07) is 1.72. The summed E-state index contributed by atoms with van der Waals surface area (Å²) in [5.41, 5.74) is -1.85. The van der Waals surface area contributed by atoms with E-state index in [4.69, 9.17) is 0 Å². The maximum absolute atomic E-state index is 13.9. The molecule has 0 saturated carbocycles. The van der Waals surface area contributed by atoms with Crippen LogP contribution in [0.15, 0.2) is 23.0 Å². The third-order valence-corrected chi connectivity index (χ3v) is 4.03. The van der Waals surface area contributed by atoms with Gasteiger partial charge in [0.25, 0.3) is 5.56 Å². The number of alkyl halides is 4. The normalized spacial score (nSPS) is 12.6. The molecule has 28 heavy (non-hydrogen) atoms. The van der Waals surface area contributed by atoms with E-state index in [2.05, 4.69) is 15.1 Å². The van der Waals surface area contributed by atoms with Gasteiger partial charge in [0.05, 0.1) is 11.6 Å². The van der Waals surface area contributed by atoms with E-state index < -0.39 is 35.8 Å². The predicted molar refractivity (Wildman–Crippen MR) is 94.3 cm³/mol. The monoisotopic (exact) mass is 402 g/mol. The Kier molecular flexibility index (Phi) is 6.20. The smallest absolute Gasteiger partial charge is 0.310 e. The van der Waals surface area contributed by atoms with Crippen molar-refractivity contribution in [1.29, 1.82) is 0 Å². The number of aryl methyl sites for hydroxylation is 1.